The normalized spacial score (nSPS) is 11.4. The first kappa shape index (κ1) is 27.3. The summed E-state index contributed by atoms with van der Waals surface area (Å²) in [6, 6.07) is 23.6. The highest BCUT2D eigenvalue weighted by Gasteiger charge is 2.22. The molecule has 0 bridgehead atoms. The molecule has 4 nitrogen and oxygen atoms in total. The third-order valence-corrected chi connectivity index (χ3v) is 7.19. The van der Waals surface area contributed by atoms with E-state index in [2.05, 4.69) is 59.7 Å². The van der Waals surface area contributed by atoms with E-state index in [0.717, 1.165) is 73.5 Å². The minimum atomic E-state index is 0.184. The fourth-order valence-corrected chi connectivity index (χ4v) is 4.92. The van der Waals surface area contributed by atoms with Crippen LogP contribution in [0.25, 0.3) is 22.6 Å². The molecule has 6 heteroatoms. The van der Waals surface area contributed by atoms with E-state index in [1.54, 1.807) is 12.1 Å². The third kappa shape index (κ3) is 6.95. The lowest BCUT2D eigenvalue weighted by molar-refractivity contribution is 0.246. The van der Waals surface area contributed by atoms with Gasteiger partial charge in [-0.2, -0.15) is 0 Å². The molecule has 0 aliphatic rings. The zero-order chi connectivity index (χ0) is 26.2. The van der Waals surface area contributed by atoms with Crippen LogP contribution in [0.3, 0.4) is 0 Å². The molecule has 0 radical (unpaired) electrons. The standard InChI is InChI=1S/C31H35Cl2N3O/c1-3-5-18-35(21-25-14-17-27(37)20-28(25)33)22-29-30(23-12-15-26(32)16-13-23)34-31(36(29)19-6-4-2)24-10-8-7-9-11-24/h7-17,20,37H,3-6,18-19,21-22H2,1-2H3. The molecule has 1 aromatic heterocycles. The van der Waals surface area contributed by atoms with Gasteiger partial charge >= 0.3 is 0 Å². The largest absolute Gasteiger partial charge is 0.508 e. The van der Waals surface area contributed by atoms with E-state index in [0.29, 0.717) is 16.6 Å². The molecule has 0 unspecified atom stereocenters. The molecule has 1 heterocycles. The van der Waals surface area contributed by atoms with Gasteiger partial charge in [-0.05, 0) is 49.2 Å². The molecular formula is C31H35Cl2N3O. The first-order chi connectivity index (χ1) is 18.0. The summed E-state index contributed by atoms with van der Waals surface area (Å²) in [4.78, 5) is 7.68. The molecule has 4 rings (SSSR count). The number of hydrogen-bond acceptors (Lipinski definition) is 3. The first-order valence-electron chi connectivity index (χ1n) is 13.1. The van der Waals surface area contributed by atoms with E-state index in [-0.39, 0.29) is 5.75 Å². The summed E-state index contributed by atoms with van der Waals surface area (Å²) in [5.74, 6) is 1.18. The van der Waals surface area contributed by atoms with Crippen LogP contribution in [0.4, 0.5) is 0 Å². The lowest BCUT2D eigenvalue weighted by Gasteiger charge is -2.25. The average molecular weight is 537 g/mol. The van der Waals surface area contributed by atoms with Crippen LogP contribution in [0.1, 0.15) is 50.8 Å². The lowest BCUT2D eigenvalue weighted by atomic mass is 10.1. The number of halogens is 2. The Hall–Kier alpha value is -2.79. The highest BCUT2D eigenvalue weighted by molar-refractivity contribution is 6.31. The molecule has 0 atom stereocenters. The Morgan fingerprint density at radius 3 is 2.24 bits per heavy atom. The Kier molecular flexibility index (Phi) is 9.68. The van der Waals surface area contributed by atoms with Crippen LogP contribution in [0, 0.1) is 0 Å². The fourth-order valence-electron chi connectivity index (χ4n) is 4.56. The van der Waals surface area contributed by atoms with E-state index in [4.69, 9.17) is 28.2 Å². The predicted octanol–water partition coefficient (Wildman–Crippen LogP) is 8.83. The van der Waals surface area contributed by atoms with Crippen molar-refractivity contribution >= 4 is 23.2 Å². The van der Waals surface area contributed by atoms with Gasteiger partial charge in [-0.25, -0.2) is 4.98 Å². The van der Waals surface area contributed by atoms with Crippen molar-refractivity contribution in [1.82, 2.24) is 14.5 Å². The number of nitrogens with zero attached hydrogens (tertiary/aromatic N) is 3. The molecule has 37 heavy (non-hydrogen) atoms. The number of phenolic OH excluding ortho intramolecular Hbond substituents is 1. The highest BCUT2D eigenvalue weighted by atomic mass is 35.5. The van der Waals surface area contributed by atoms with Crippen LogP contribution >= 0.6 is 23.2 Å². The number of imidazole rings is 1. The molecule has 3 aromatic carbocycles. The molecule has 0 spiro atoms. The van der Waals surface area contributed by atoms with Crippen LogP contribution < -0.4 is 0 Å². The van der Waals surface area contributed by atoms with Gasteiger partial charge in [0.25, 0.3) is 0 Å². The van der Waals surface area contributed by atoms with Gasteiger partial charge in [0, 0.05) is 40.8 Å². The van der Waals surface area contributed by atoms with Crippen molar-refractivity contribution in [3.05, 3.63) is 94.1 Å². The quantitative estimate of drug-likeness (QED) is 0.197. The van der Waals surface area contributed by atoms with Crippen molar-refractivity contribution in [2.75, 3.05) is 6.54 Å². The van der Waals surface area contributed by atoms with Crippen molar-refractivity contribution in [3.8, 4) is 28.4 Å². The van der Waals surface area contributed by atoms with E-state index >= 15 is 0 Å². The molecular weight excluding hydrogens is 501 g/mol. The van der Waals surface area contributed by atoms with Gasteiger partial charge in [0.1, 0.15) is 11.6 Å². The molecule has 4 aromatic rings. The second kappa shape index (κ2) is 13.1. The molecule has 0 fully saturated rings. The SMILES string of the molecule is CCCCN(Cc1ccc(O)cc1Cl)Cc1c(-c2ccc(Cl)cc2)nc(-c2ccccc2)n1CCCC. The molecule has 0 aliphatic heterocycles. The summed E-state index contributed by atoms with van der Waals surface area (Å²) in [6.45, 7) is 7.70. The van der Waals surface area contributed by atoms with Crippen molar-refractivity contribution < 1.29 is 5.11 Å². The summed E-state index contributed by atoms with van der Waals surface area (Å²) >= 11 is 12.8. The van der Waals surface area contributed by atoms with Gasteiger partial charge in [0.2, 0.25) is 0 Å². The Bertz CT molecular complexity index is 1290. The van der Waals surface area contributed by atoms with Crippen molar-refractivity contribution in [2.24, 2.45) is 0 Å². The maximum Gasteiger partial charge on any atom is 0.140 e. The molecule has 0 saturated carbocycles. The first-order valence-corrected chi connectivity index (χ1v) is 13.9. The van der Waals surface area contributed by atoms with Crippen molar-refractivity contribution in [3.63, 3.8) is 0 Å². The van der Waals surface area contributed by atoms with Crippen molar-refractivity contribution in [1.29, 1.82) is 0 Å². The Labute approximate surface area is 230 Å². The summed E-state index contributed by atoms with van der Waals surface area (Å²) in [7, 11) is 0. The smallest absolute Gasteiger partial charge is 0.140 e. The summed E-state index contributed by atoms with van der Waals surface area (Å²) in [6.07, 6.45) is 4.36. The molecule has 1 N–H and O–H groups in total. The lowest BCUT2D eigenvalue weighted by Crippen LogP contribution is -2.26. The summed E-state index contributed by atoms with van der Waals surface area (Å²) in [5, 5.41) is 11.1. The fraction of sp³-hybridized carbons (Fsp3) is 0.323. The minimum Gasteiger partial charge on any atom is -0.508 e. The monoisotopic (exact) mass is 535 g/mol. The highest BCUT2D eigenvalue weighted by Crippen LogP contribution is 2.32. The van der Waals surface area contributed by atoms with Gasteiger partial charge in [0.05, 0.1) is 11.4 Å². The Morgan fingerprint density at radius 1 is 0.838 bits per heavy atom. The van der Waals surface area contributed by atoms with Crippen molar-refractivity contribution in [2.45, 2.75) is 59.2 Å². The number of phenols is 1. The molecule has 0 amide bonds. The molecule has 0 aliphatic carbocycles. The van der Waals surface area contributed by atoms with Gasteiger partial charge in [-0.15, -0.1) is 0 Å². The molecule has 0 saturated heterocycles. The van der Waals surface area contributed by atoms with Crippen LogP contribution in [-0.2, 0) is 19.6 Å². The average Bonchev–Trinajstić information content (AvgIpc) is 3.26. The topological polar surface area (TPSA) is 41.3 Å². The van der Waals surface area contributed by atoms with Gasteiger partial charge in [0.15, 0.2) is 0 Å². The summed E-state index contributed by atoms with van der Waals surface area (Å²) < 4.78 is 2.40. The Morgan fingerprint density at radius 2 is 1.57 bits per heavy atom. The number of rotatable bonds is 12. The van der Waals surface area contributed by atoms with Gasteiger partial charge < -0.3 is 9.67 Å². The van der Waals surface area contributed by atoms with E-state index < -0.39 is 0 Å². The zero-order valence-electron chi connectivity index (χ0n) is 21.6. The van der Waals surface area contributed by atoms with Crippen LogP contribution in [0.5, 0.6) is 5.75 Å². The predicted molar refractivity (Wildman–Crippen MR) is 155 cm³/mol. The van der Waals surface area contributed by atoms with Crippen LogP contribution in [0.2, 0.25) is 10.0 Å². The number of benzene rings is 3. The Balaban J connectivity index is 1.81. The zero-order valence-corrected chi connectivity index (χ0v) is 23.1. The van der Waals surface area contributed by atoms with E-state index in [1.165, 1.54) is 5.69 Å². The number of hydrogen-bond donors (Lipinski definition) is 1. The number of unbranched alkanes of at least 4 members (excludes halogenated alkanes) is 2. The number of aromatic hydroxyl groups is 1. The van der Waals surface area contributed by atoms with Crippen LogP contribution in [0.15, 0.2) is 72.8 Å². The maximum atomic E-state index is 9.84. The molecule has 194 valence electrons. The number of aromatic nitrogens is 2. The van der Waals surface area contributed by atoms with Gasteiger partial charge in [-0.1, -0.05) is 98.4 Å². The van der Waals surface area contributed by atoms with Crippen LogP contribution in [-0.4, -0.2) is 26.1 Å². The second-order valence-electron chi connectivity index (χ2n) is 9.45. The van der Waals surface area contributed by atoms with E-state index in [1.807, 2.05) is 24.3 Å². The van der Waals surface area contributed by atoms with Gasteiger partial charge in [-0.3, -0.25) is 4.90 Å². The second-order valence-corrected chi connectivity index (χ2v) is 10.3. The maximum absolute atomic E-state index is 9.84. The third-order valence-electron chi connectivity index (χ3n) is 6.59. The van der Waals surface area contributed by atoms with E-state index in [9.17, 15) is 5.11 Å². The minimum absolute atomic E-state index is 0.184. The summed E-state index contributed by atoms with van der Waals surface area (Å²) in [5.41, 5.74) is 5.36.